The number of nitrogens with one attached hydrogen (secondary N) is 1. The van der Waals surface area contributed by atoms with Gasteiger partial charge in [-0.3, -0.25) is 14.7 Å². The van der Waals surface area contributed by atoms with Gasteiger partial charge in [-0.15, -0.1) is 0 Å². The Balaban J connectivity index is 1.48. The number of aromatic nitrogens is 3. The molecule has 1 unspecified atom stereocenters. The monoisotopic (exact) mass is 390 g/mol. The molecule has 1 N–H and O–H groups in total. The van der Waals surface area contributed by atoms with Crippen LogP contribution in [0.4, 0.5) is 0 Å². The van der Waals surface area contributed by atoms with E-state index in [-0.39, 0.29) is 11.5 Å². The van der Waals surface area contributed by atoms with Gasteiger partial charge in [-0.2, -0.15) is 0 Å². The Morgan fingerprint density at radius 1 is 1.21 bits per heavy atom. The zero-order valence-corrected chi connectivity index (χ0v) is 16.7. The molecule has 1 atom stereocenters. The molecule has 6 heteroatoms. The fourth-order valence-electron chi connectivity index (χ4n) is 3.87. The van der Waals surface area contributed by atoms with E-state index in [4.69, 9.17) is 9.72 Å². The molecule has 4 rings (SSSR count). The van der Waals surface area contributed by atoms with Crippen LogP contribution in [0.5, 0.6) is 5.75 Å². The Bertz CT molecular complexity index is 986. The van der Waals surface area contributed by atoms with Crippen molar-refractivity contribution in [2.75, 3.05) is 19.7 Å². The molecule has 2 aromatic heterocycles. The molecule has 1 aliphatic rings. The van der Waals surface area contributed by atoms with Crippen LogP contribution in [0, 0.1) is 0 Å². The second kappa shape index (κ2) is 9.01. The number of piperidine rings is 1. The van der Waals surface area contributed by atoms with Crippen molar-refractivity contribution in [1.29, 1.82) is 0 Å². The highest BCUT2D eigenvalue weighted by Crippen LogP contribution is 2.27. The predicted octanol–water partition coefficient (Wildman–Crippen LogP) is 3.61. The lowest BCUT2D eigenvalue weighted by Gasteiger charge is -2.32. The normalized spacial score (nSPS) is 17.2. The van der Waals surface area contributed by atoms with Crippen molar-refractivity contribution in [3.05, 3.63) is 76.3 Å². The maximum Gasteiger partial charge on any atom is 0.251 e. The Morgan fingerprint density at radius 2 is 2.07 bits per heavy atom. The van der Waals surface area contributed by atoms with Gasteiger partial charge in [-0.05, 0) is 56.1 Å². The van der Waals surface area contributed by atoms with E-state index < -0.39 is 0 Å². The molecule has 29 heavy (non-hydrogen) atoms. The first-order valence-electron chi connectivity index (χ1n) is 10.2. The summed E-state index contributed by atoms with van der Waals surface area (Å²) in [6.45, 7) is 5.51. The number of rotatable bonds is 6. The van der Waals surface area contributed by atoms with E-state index in [9.17, 15) is 4.79 Å². The fraction of sp³-hybridized carbons (Fsp3) is 0.348. The van der Waals surface area contributed by atoms with Gasteiger partial charge >= 0.3 is 0 Å². The molecule has 0 bridgehead atoms. The topological polar surface area (TPSA) is 71.1 Å². The summed E-state index contributed by atoms with van der Waals surface area (Å²) in [4.78, 5) is 26.5. The van der Waals surface area contributed by atoms with Gasteiger partial charge in [0.2, 0.25) is 0 Å². The van der Waals surface area contributed by atoms with Crippen molar-refractivity contribution in [3.8, 4) is 17.3 Å². The van der Waals surface area contributed by atoms with Crippen LogP contribution in [0.3, 0.4) is 0 Å². The van der Waals surface area contributed by atoms with E-state index >= 15 is 0 Å². The average Bonchev–Trinajstić information content (AvgIpc) is 2.76. The van der Waals surface area contributed by atoms with Crippen LogP contribution >= 0.6 is 0 Å². The van der Waals surface area contributed by atoms with Gasteiger partial charge in [-0.25, -0.2) is 4.98 Å². The van der Waals surface area contributed by atoms with E-state index in [2.05, 4.69) is 27.0 Å². The largest absolute Gasteiger partial charge is 0.494 e. The summed E-state index contributed by atoms with van der Waals surface area (Å²) in [6, 6.07) is 15.5. The Kier molecular flexibility index (Phi) is 6.00. The first kappa shape index (κ1) is 19.3. The predicted molar refractivity (Wildman–Crippen MR) is 113 cm³/mol. The van der Waals surface area contributed by atoms with Crippen LogP contribution in [0.25, 0.3) is 11.5 Å². The van der Waals surface area contributed by atoms with Crippen LogP contribution < -0.4 is 10.3 Å². The van der Waals surface area contributed by atoms with Crippen LogP contribution in [-0.4, -0.2) is 39.5 Å². The van der Waals surface area contributed by atoms with Crippen LogP contribution in [0.1, 0.15) is 36.9 Å². The highest BCUT2D eigenvalue weighted by Gasteiger charge is 2.23. The molecular weight excluding hydrogens is 364 g/mol. The van der Waals surface area contributed by atoms with Crippen LogP contribution in [0.2, 0.25) is 0 Å². The third kappa shape index (κ3) is 4.90. The molecule has 1 fully saturated rings. The van der Waals surface area contributed by atoms with Crippen molar-refractivity contribution in [2.24, 2.45) is 0 Å². The summed E-state index contributed by atoms with van der Waals surface area (Å²) in [5.74, 6) is 1.69. The highest BCUT2D eigenvalue weighted by atomic mass is 16.5. The smallest absolute Gasteiger partial charge is 0.251 e. The Hall–Kier alpha value is -2.99. The molecule has 0 spiro atoms. The summed E-state index contributed by atoms with van der Waals surface area (Å²) in [5, 5.41) is 0. The molecule has 1 aromatic carbocycles. The van der Waals surface area contributed by atoms with Crippen LogP contribution in [0.15, 0.2) is 59.5 Å². The standard InChI is InChI=1S/C23H26N4O2/c1-2-29-19-10-8-17(9-11-19)15-27-13-5-6-18(16-27)21-14-22(28)26-23(25-21)20-7-3-4-12-24-20/h3-4,7-12,14,18H,2,5-6,13,15-16H2,1H3,(H,25,26,28). The summed E-state index contributed by atoms with van der Waals surface area (Å²) in [6.07, 6.45) is 3.84. The summed E-state index contributed by atoms with van der Waals surface area (Å²) >= 11 is 0. The number of likely N-dealkylation sites (tertiary alicyclic amines) is 1. The number of pyridine rings is 1. The fourth-order valence-corrected chi connectivity index (χ4v) is 3.87. The van der Waals surface area contributed by atoms with E-state index in [1.807, 2.05) is 37.3 Å². The second-order valence-electron chi connectivity index (χ2n) is 7.39. The lowest BCUT2D eigenvalue weighted by Crippen LogP contribution is -2.34. The van der Waals surface area contributed by atoms with Crippen LogP contribution in [-0.2, 0) is 6.54 Å². The lowest BCUT2D eigenvalue weighted by molar-refractivity contribution is 0.198. The number of H-pyrrole nitrogens is 1. The molecule has 150 valence electrons. The van der Waals surface area contributed by atoms with E-state index in [1.54, 1.807) is 12.3 Å². The molecule has 3 aromatic rings. The highest BCUT2D eigenvalue weighted by molar-refractivity contribution is 5.48. The van der Waals surface area contributed by atoms with Crippen molar-refractivity contribution >= 4 is 0 Å². The molecular formula is C23H26N4O2. The Labute approximate surface area is 170 Å². The first-order chi connectivity index (χ1) is 14.2. The number of aromatic amines is 1. The lowest BCUT2D eigenvalue weighted by atomic mass is 9.94. The minimum Gasteiger partial charge on any atom is -0.494 e. The molecule has 0 radical (unpaired) electrons. The third-order valence-electron chi connectivity index (χ3n) is 5.23. The molecule has 0 amide bonds. The SMILES string of the molecule is CCOc1ccc(CN2CCCC(c3cc(=O)[nH]c(-c4ccccn4)n3)C2)cc1. The molecule has 0 saturated carbocycles. The second-order valence-corrected chi connectivity index (χ2v) is 7.39. The zero-order valence-electron chi connectivity index (χ0n) is 16.7. The quantitative estimate of drug-likeness (QED) is 0.696. The van der Waals surface area contributed by atoms with E-state index in [0.29, 0.717) is 18.1 Å². The Morgan fingerprint density at radius 3 is 2.83 bits per heavy atom. The van der Waals surface area contributed by atoms with Gasteiger partial charge in [0.15, 0.2) is 5.82 Å². The summed E-state index contributed by atoms with van der Waals surface area (Å²) in [5.41, 5.74) is 2.68. The first-order valence-corrected chi connectivity index (χ1v) is 10.2. The van der Waals surface area contributed by atoms with Gasteiger partial charge in [-0.1, -0.05) is 18.2 Å². The molecule has 1 aliphatic heterocycles. The minimum atomic E-state index is -0.126. The average molecular weight is 390 g/mol. The third-order valence-corrected chi connectivity index (χ3v) is 5.23. The number of benzene rings is 1. The van der Waals surface area contributed by atoms with Gasteiger partial charge in [0.1, 0.15) is 11.4 Å². The van der Waals surface area contributed by atoms with E-state index in [1.165, 1.54) is 5.56 Å². The van der Waals surface area contributed by atoms with Gasteiger partial charge in [0.25, 0.3) is 5.56 Å². The molecule has 3 heterocycles. The number of hydrogen-bond acceptors (Lipinski definition) is 5. The summed E-state index contributed by atoms with van der Waals surface area (Å²) < 4.78 is 5.53. The minimum absolute atomic E-state index is 0.126. The molecule has 0 aliphatic carbocycles. The summed E-state index contributed by atoms with van der Waals surface area (Å²) in [7, 11) is 0. The maximum absolute atomic E-state index is 12.2. The van der Waals surface area contributed by atoms with Crippen molar-refractivity contribution in [2.45, 2.75) is 32.2 Å². The molecule has 6 nitrogen and oxygen atoms in total. The number of hydrogen-bond donors (Lipinski definition) is 1. The van der Waals surface area contributed by atoms with Gasteiger partial charge in [0, 0.05) is 31.3 Å². The zero-order chi connectivity index (χ0) is 20.1. The van der Waals surface area contributed by atoms with Gasteiger partial charge < -0.3 is 9.72 Å². The number of ether oxygens (including phenoxy) is 1. The van der Waals surface area contributed by atoms with Crippen molar-refractivity contribution < 1.29 is 4.74 Å². The molecule has 1 saturated heterocycles. The van der Waals surface area contributed by atoms with Crippen molar-refractivity contribution in [3.63, 3.8) is 0 Å². The van der Waals surface area contributed by atoms with E-state index in [0.717, 1.165) is 43.9 Å². The maximum atomic E-state index is 12.2. The van der Waals surface area contributed by atoms with Gasteiger partial charge in [0.05, 0.1) is 12.3 Å². The number of nitrogens with zero attached hydrogens (tertiary/aromatic N) is 3. The van der Waals surface area contributed by atoms with Crippen molar-refractivity contribution in [1.82, 2.24) is 19.9 Å².